The van der Waals surface area contributed by atoms with Crippen LogP contribution in [0.1, 0.15) is 40.0 Å². The third-order valence-electron chi connectivity index (χ3n) is 1.39. The zero-order valence-electron chi connectivity index (χ0n) is 8.26. The zero-order valence-corrected chi connectivity index (χ0v) is 8.26. The minimum atomic E-state index is -0.381. The van der Waals surface area contributed by atoms with Gasteiger partial charge in [-0.2, -0.15) is 0 Å². The topological polar surface area (TPSA) is 43.1 Å². The molecule has 0 rings (SSSR count). The van der Waals surface area contributed by atoms with Crippen molar-refractivity contribution in [2.75, 3.05) is 0 Å². The molecule has 0 saturated heterocycles. The lowest BCUT2D eigenvalue weighted by Gasteiger charge is -2.15. The highest BCUT2D eigenvalue weighted by molar-refractivity contribution is 5.90. The van der Waals surface area contributed by atoms with Crippen molar-refractivity contribution in [2.45, 2.75) is 45.6 Å². The Balaban J connectivity index is 3.75. The Morgan fingerprint density at radius 3 is 2.50 bits per heavy atom. The van der Waals surface area contributed by atoms with Gasteiger partial charge >= 0.3 is 0 Å². The van der Waals surface area contributed by atoms with Crippen LogP contribution in [-0.2, 0) is 4.79 Å². The minimum absolute atomic E-state index is 0.121. The Labute approximate surface area is 74.8 Å². The summed E-state index contributed by atoms with van der Waals surface area (Å²) in [6.45, 7) is 5.80. The molecule has 0 spiro atoms. The van der Waals surface area contributed by atoms with Gasteiger partial charge in [-0.1, -0.05) is 19.4 Å². The van der Waals surface area contributed by atoms with E-state index in [1.165, 1.54) is 0 Å². The van der Waals surface area contributed by atoms with Crippen LogP contribution >= 0.6 is 0 Å². The summed E-state index contributed by atoms with van der Waals surface area (Å²) in [6.07, 6.45) is 6.02. The van der Waals surface area contributed by atoms with Gasteiger partial charge in [-0.25, -0.2) is 0 Å². The average Bonchev–Trinajstić information content (AvgIpc) is 1.84. The average molecular weight is 169 g/mol. The van der Waals surface area contributed by atoms with Crippen molar-refractivity contribution in [2.24, 2.45) is 5.73 Å². The Hall–Kier alpha value is -0.630. The largest absolute Gasteiger partial charge is 0.325 e. The Morgan fingerprint density at radius 1 is 1.50 bits per heavy atom. The van der Waals surface area contributed by atoms with E-state index in [0.717, 1.165) is 12.8 Å². The SMILES string of the molecule is CCCC=CC(=O)CC(C)(C)N. The molecule has 0 amide bonds. The van der Waals surface area contributed by atoms with E-state index < -0.39 is 0 Å². The summed E-state index contributed by atoms with van der Waals surface area (Å²) in [5, 5.41) is 0. The van der Waals surface area contributed by atoms with Crippen LogP contribution in [0.15, 0.2) is 12.2 Å². The number of rotatable bonds is 5. The van der Waals surface area contributed by atoms with Crippen LogP contribution in [0.5, 0.6) is 0 Å². The first-order chi connectivity index (χ1) is 5.45. The second kappa shape index (κ2) is 5.09. The molecule has 0 atom stereocenters. The summed E-state index contributed by atoms with van der Waals surface area (Å²) in [5.41, 5.74) is 5.30. The fraction of sp³-hybridized carbons (Fsp3) is 0.700. The number of hydrogen-bond donors (Lipinski definition) is 1. The first-order valence-corrected chi connectivity index (χ1v) is 4.44. The van der Waals surface area contributed by atoms with E-state index in [0.29, 0.717) is 6.42 Å². The van der Waals surface area contributed by atoms with Crippen LogP contribution in [0.4, 0.5) is 0 Å². The number of hydrogen-bond acceptors (Lipinski definition) is 2. The maximum absolute atomic E-state index is 11.2. The Kier molecular flexibility index (Phi) is 4.83. The molecule has 0 aliphatic heterocycles. The lowest BCUT2D eigenvalue weighted by atomic mass is 9.99. The summed E-state index contributed by atoms with van der Waals surface area (Å²) < 4.78 is 0. The number of nitrogens with two attached hydrogens (primary N) is 1. The Bertz CT molecular complexity index is 165. The zero-order chi connectivity index (χ0) is 9.61. The van der Waals surface area contributed by atoms with Crippen molar-refractivity contribution >= 4 is 5.78 Å². The molecule has 0 fully saturated rings. The predicted molar refractivity (Wildman–Crippen MR) is 51.9 cm³/mol. The van der Waals surface area contributed by atoms with Gasteiger partial charge in [0.1, 0.15) is 0 Å². The molecule has 0 aliphatic carbocycles. The molecule has 0 aromatic rings. The van der Waals surface area contributed by atoms with Gasteiger partial charge in [-0.3, -0.25) is 4.79 Å². The first-order valence-electron chi connectivity index (χ1n) is 4.44. The second-order valence-electron chi connectivity index (χ2n) is 3.82. The highest BCUT2D eigenvalue weighted by Crippen LogP contribution is 2.04. The van der Waals surface area contributed by atoms with Gasteiger partial charge in [-0.05, 0) is 26.3 Å². The molecule has 0 aromatic carbocycles. The minimum Gasteiger partial charge on any atom is -0.325 e. The molecular weight excluding hydrogens is 150 g/mol. The second-order valence-corrected chi connectivity index (χ2v) is 3.82. The van der Waals surface area contributed by atoms with Gasteiger partial charge in [0.15, 0.2) is 5.78 Å². The summed E-state index contributed by atoms with van der Waals surface area (Å²) in [7, 11) is 0. The van der Waals surface area contributed by atoms with Gasteiger partial charge in [0, 0.05) is 12.0 Å². The molecule has 0 bridgehead atoms. The molecule has 0 saturated carbocycles. The lowest BCUT2D eigenvalue weighted by molar-refractivity contribution is -0.115. The van der Waals surface area contributed by atoms with Crippen LogP contribution < -0.4 is 5.73 Å². The van der Waals surface area contributed by atoms with E-state index in [1.54, 1.807) is 6.08 Å². The van der Waals surface area contributed by atoms with Gasteiger partial charge in [0.25, 0.3) is 0 Å². The molecule has 2 nitrogen and oxygen atoms in total. The van der Waals surface area contributed by atoms with E-state index in [4.69, 9.17) is 5.73 Å². The smallest absolute Gasteiger partial charge is 0.157 e. The van der Waals surface area contributed by atoms with E-state index >= 15 is 0 Å². The van der Waals surface area contributed by atoms with Crippen LogP contribution in [0.25, 0.3) is 0 Å². The van der Waals surface area contributed by atoms with Crippen molar-refractivity contribution < 1.29 is 4.79 Å². The fourth-order valence-electron chi connectivity index (χ4n) is 0.889. The van der Waals surface area contributed by atoms with Crippen molar-refractivity contribution in [3.63, 3.8) is 0 Å². The molecule has 0 heterocycles. The normalized spacial score (nSPS) is 12.3. The molecular formula is C10H19NO. The van der Waals surface area contributed by atoms with Crippen LogP contribution in [-0.4, -0.2) is 11.3 Å². The summed E-state index contributed by atoms with van der Waals surface area (Å²) >= 11 is 0. The van der Waals surface area contributed by atoms with Gasteiger partial charge in [0.2, 0.25) is 0 Å². The predicted octanol–water partition coefficient (Wildman–Crippen LogP) is 2.04. The summed E-state index contributed by atoms with van der Waals surface area (Å²) in [4.78, 5) is 11.2. The van der Waals surface area contributed by atoms with Crippen molar-refractivity contribution in [1.29, 1.82) is 0 Å². The number of carbonyl (C=O) groups is 1. The van der Waals surface area contributed by atoms with E-state index in [1.807, 2.05) is 19.9 Å². The van der Waals surface area contributed by atoms with Crippen LogP contribution in [0.2, 0.25) is 0 Å². The maximum atomic E-state index is 11.2. The first kappa shape index (κ1) is 11.4. The van der Waals surface area contributed by atoms with E-state index in [2.05, 4.69) is 6.92 Å². The van der Waals surface area contributed by atoms with Crippen molar-refractivity contribution in [3.05, 3.63) is 12.2 Å². The number of unbranched alkanes of at least 4 members (excludes halogenated alkanes) is 1. The molecule has 12 heavy (non-hydrogen) atoms. The summed E-state index contributed by atoms with van der Waals surface area (Å²) in [5.74, 6) is 0.121. The molecule has 0 aromatic heterocycles. The molecule has 0 radical (unpaired) electrons. The lowest BCUT2D eigenvalue weighted by Crippen LogP contribution is -2.34. The molecule has 70 valence electrons. The Morgan fingerprint density at radius 2 is 2.08 bits per heavy atom. The molecule has 2 heteroatoms. The fourth-order valence-corrected chi connectivity index (χ4v) is 0.889. The highest BCUT2D eigenvalue weighted by atomic mass is 16.1. The molecule has 0 unspecified atom stereocenters. The maximum Gasteiger partial charge on any atom is 0.157 e. The third-order valence-corrected chi connectivity index (χ3v) is 1.39. The van der Waals surface area contributed by atoms with Gasteiger partial charge in [-0.15, -0.1) is 0 Å². The van der Waals surface area contributed by atoms with E-state index in [9.17, 15) is 4.79 Å². The van der Waals surface area contributed by atoms with Gasteiger partial charge < -0.3 is 5.73 Å². The quantitative estimate of drug-likeness (QED) is 0.640. The monoisotopic (exact) mass is 169 g/mol. The number of allylic oxidation sites excluding steroid dienone is 2. The molecule has 0 aliphatic rings. The third kappa shape index (κ3) is 7.48. The summed E-state index contributed by atoms with van der Waals surface area (Å²) in [6, 6.07) is 0. The van der Waals surface area contributed by atoms with Crippen molar-refractivity contribution in [3.8, 4) is 0 Å². The number of ketones is 1. The molecule has 2 N–H and O–H groups in total. The highest BCUT2D eigenvalue weighted by Gasteiger charge is 2.13. The number of carbonyl (C=O) groups excluding carboxylic acids is 1. The van der Waals surface area contributed by atoms with Gasteiger partial charge in [0.05, 0.1) is 0 Å². The standard InChI is InChI=1S/C10H19NO/c1-4-5-6-7-9(12)8-10(2,3)11/h6-7H,4-5,8,11H2,1-3H3. The van der Waals surface area contributed by atoms with Crippen molar-refractivity contribution in [1.82, 2.24) is 0 Å². The van der Waals surface area contributed by atoms with Crippen LogP contribution in [0, 0.1) is 0 Å². The van der Waals surface area contributed by atoms with E-state index in [-0.39, 0.29) is 11.3 Å². The van der Waals surface area contributed by atoms with Crippen LogP contribution in [0.3, 0.4) is 0 Å².